The van der Waals surface area contributed by atoms with Crippen LogP contribution in [0.15, 0.2) is 18.3 Å². The van der Waals surface area contributed by atoms with E-state index in [1.807, 2.05) is 6.20 Å². The third-order valence-electron chi connectivity index (χ3n) is 4.00. The highest BCUT2D eigenvalue weighted by Crippen LogP contribution is 2.21. The van der Waals surface area contributed by atoms with Crippen molar-refractivity contribution in [3.63, 3.8) is 0 Å². The van der Waals surface area contributed by atoms with Crippen molar-refractivity contribution < 1.29 is 0 Å². The number of likely N-dealkylation sites (tertiary alicyclic amines) is 1. The van der Waals surface area contributed by atoms with Crippen molar-refractivity contribution in [2.45, 2.75) is 58.5 Å². The third kappa shape index (κ3) is 4.20. The second-order valence-electron chi connectivity index (χ2n) is 5.61. The Hall–Kier alpha value is -1.09. The Labute approximate surface area is 117 Å². The van der Waals surface area contributed by atoms with Gasteiger partial charge in [-0.2, -0.15) is 0 Å². The van der Waals surface area contributed by atoms with Crippen molar-refractivity contribution in [2.24, 2.45) is 0 Å². The SMILES string of the molecule is CCCNc1ncccc1CN1CCCCCC1C. The number of pyridine rings is 1. The molecular formula is C16H27N3. The summed E-state index contributed by atoms with van der Waals surface area (Å²) in [5.74, 6) is 1.07. The molecular weight excluding hydrogens is 234 g/mol. The maximum Gasteiger partial charge on any atom is 0.130 e. The zero-order valence-electron chi connectivity index (χ0n) is 12.4. The molecule has 19 heavy (non-hydrogen) atoms. The summed E-state index contributed by atoms with van der Waals surface area (Å²) in [6.45, 7) is 7.80. The normalized spacial score (nSPS) is 21.1. The Kier molecular flexibility index (Phi) is 5.64. The van der Waals surface area contributed by atoms with Crippen molar-refractivity contribution in [2.75, 3.05) is 18.4 Å². The van der Waals surface area contributed by atoms with Gasteiger partial charge < -0.3 is 5.32 Å². The second kappa shape index (κ2) is 7.49. The Morgan fingerprint density at radius 2 is 2.26 bits per heavy atom. The first-order valence-electron chi connectivity index (χ1n) is 7.73. The van der Waals surface area contributed by atoms with Crippen molar-refractivity contribution in [3.8, 4) is 0 Å². The van der Waals surface area contributed by atoms with Gasteiger partial charge in [-0.05, 0) is 38.8 Å². The molecule has 3 nitrogen and oxygen atoms in total. The number of nitrogens with one attached hydrogen (secondary N) is 1. The summed E-state index contributed by atoms with van der Waals surface area (Å²) in [4.78, 5) is 7.10. The zero-order chi connectivity index (χ0) is 13.5. The summed E-state index contributed by atoms with van der Waals surface area (Å²) < 4.78 is 0. The summed E-state index contributed by atoms with van der Waals surface area (Å²) in [5, 5.41) is 3.45. The van der Waals surface area contributed by atoms with Crippen LogP contribution < -0.4 is 5.32 Å². The van der Waals surface area contributed by atoms with Gasteiger partial charge >= 0.3 is 0 Å². The molecule has 0 saturated carbocycles. The lowest BCUT2D eigenvalue weighted by Gasteiger charge is -2.27. The van der Waals surface area contributed by atoms with Crippen LogP contribution >= 0.6 is 0 Å². The lowest BCUT2D eigenvalue weighted by Crippen LogP contribution is -2.32. The minimum Gasteiger partial charge on any atom is -0.370 e. The predicted molar refractivity (Wildman–Crippen MR) is 81.4 cm³/mol. The highest BCUT2D eigenvalue weighted by atomic mass is 15.2. The summed E-state index contributed by atoms with van der Waals surface area (Å²) in [5.41, 5.74) is 1.34. The van der Waals surface area contributed by atoms with Crippen LogP contribution in [-0.4, -0.2) is 29.0 Å². The third-order valence-corrected chi connectivity index (χ3v) is 4.00. The number of rotatable bonds is 5. The lowest BCUT2D eigenvalue weighted by molar-refractivity contribution is 0.205. The first kappa shape index (κ1) is 14.3. The Bertz CT molecular complexity index is 378. The highest BCUT2D eigenvalue weighted by Gasteiger charge is 2.18. The fourth-order valence-electron chi connectivity index (χ4n) is 2.76. The summed E-state index contributed by atoms with van der Waals surface area (Å²) in [6, 6.07) is 4.96. The number of aromatic nitrogens is 1. The number of hydrogen-bond acceptors (Lipinski definition) is 3. The number of anilines is 1. The van der Waals surface area contributed by atoms with Crippen LogP contribution in [0.2, 0.25) is 0 Å². The van der Waals surface area contributed by atoms with E-state index in [9.17, 15) is 0 Å². The van der Waals surface area contributed by atoms with Crippen LogP contribution in [-0.2, 0) is 6.54 Å². The molecule has 0 spiro atoms. The van der Waals surface area contributed by atoms with E-state index in [1.54, 1.807) is 0 Å². The molecule has 1 aliphatic heterocycles. The van der Waals surface area contributed by atoms with Gasteiger partial charge in [0.1, 0.15) is 5.82 Å². The topological polar surface area (TPSA) is 28.2 Å². The first-order chi connectivity index (χ1) is 9.31. The smallest absolute Gasteiger partial charge is 0.130 e. The van der Waals surface area contributed by atoms with Crippen molar-refractivity contribution >= 4 is 5.82 Å². The van der Waals surface area contributed by atoms with Crippen LogP contribution in [0.1, 0.15) is 51.5 Å². The van der Waals surface area contributed by atoms with Crippen LogP contribution in [0.5, 0.6) is 0 Å². The first-order valence-corrected chi connectivity index (χ1v) is 7.73. The summed E-state index contributed by atoms with van der Waals surface area (Å²) in [6.07, 6.45) is 8.45. The maximum atomic E-state index is 4.49. The second-order valence-corrected chi connectivity index (χ2v) is 5.61. The Morgan fingerprint density at radius 1 is 1.37 bits per heavy atom. The van der Waals surface area contributed by atoms with Crippen molar-refractivity contribution in [1.29, 1.82) is 0 Å². The molecule has 106 valence electrons. The fraction of sp³-hybridized carbons (Fsp3) is 0.688. The molecule has 1 fully saturated rings. The van der Waals surface area contributed by atoms with E-state index < -0.39 is 0 Å². The molecule has 0 bridgehead atoms. The van der Waals surface area contributed by atoms with E-state index in [1.165, 1.54) is 37.8 Å². The molecule has 1 unspecified atom stereocenters. The quantitative estimate of drug-likeness (QED) is 0.876. The van der Waals surface area contributed by atoms with Gasteiger partial charge in [0, 0.05) is 30.9 Å². The Balaban J connectivity index is 2.04. The predicted octanol–water partition coefficient (Wildman–Crippen LogP) is 3.67. The van der Waals surface area contributed by atoms with E-state index in [0.717, 1.165) is 25.3 Å². The van der Waals surface area contributed by atoms with Gasteiger partial charge in [-0.3, -0.25) is 4.90 Å². The average Bonchev–Trinajstić information content (AvgIpc) is 2.63. The van der Waals surface area contributed by atoms with Crippen LogP contribution in [0.4, 0.5) is 5.82 Å². The van der Waals surface area contributed by atoms with E-state index >= 15 is 0 Å². The van der Waals surface area contributed by atoms with Gasteiger partial charge in [0.05, 0.1) is 0 Å². The van der Waals surface area contributed by atoms with Gasteiger partial charge in [0.2, 0.25) is 0 Å². The largest absolute Gasteiger partial charge is 0.370 e. The van der Waals surface area contributed by atoms with Gasteiger partial charge in [0.25, 0.3) is 0 Å². The molecule has 2 rings (SSSR count). The Morgan fingerprint density at radius 3 is 3.11 bits per heavy atom. The van der Waals surface area contributed by atoms with Crippen LogP contribution in [0.3, 0.4) is 0 Å². The summed E-state index contributed by atoms with van der Waals surface area (Å²) >= 11 is 0. The standard InChI is InChI=1S/C16H27N3/c1-3-10-17-16-15(9-7-11-18-16)13-19-12-6-4-5-8-14(19)2/h7,9,11,14H,3-6,8,10,12-13H2,1-2H3,(H,17,18). The molecule has 1 aliphatic rings. The molecule has 1 N–H and O–H groups in total. The molecule has 3 heteroatoms. The molecule has 0 radical (unpaired) electrons. The molecule has 1 aromatic rings. The minimum atomic E-state index is 0.696. The fourth-order valence-corrected chi connectivity index (χ4v) is 2.76. The van der Waals surface area contributed by atoms with Crippen LogP contribution in [0, 0.1) is 0 Å². The lowest BCUT2D eigenvalue weighted by atomic mass is 10.1. The molecule has 0 aromatic carbocycles. The molecule has 1 atom stereocenters. The van der Waals surface area contributed by atoms with Gasteiger partial charge in [-0.15, -0.1) is 0 Å². The molecule has 0 amide bonds. The summed E-state index contributed by atoms with van der Waals surface area (Å²) in [7, 11) is 0. The zero-order valence-corrected chi connectivity index (χ0v) is 12.4. The van der Waals surface area contributed by atoms with E-state index in [-0.39, 0.29) is 0 Å². The van der Waals surface area contributed by atoms with E-state index in [0.29, 0.717) is 6.04 Å². The molecule has 1 saturated heterocycles. The van der Waals surface area contributed by atoms with E-state index in [2.05, 4.69) is 41.2 Å². The monoisotopic (exact) mass is 261 g/mol. The van der Waals surface area contributed by atoms with Crippen molar-refractivity contribution in [1.82, 2.24) is 9.88 Å². The van der Waals surface area contributed by atoms with Gasteiger partial charge in [-0.1, -0.05) is 25.8 Å². The van der Waals surface area contributed by atoms with E-state index in [4.69, 9.17) is 0 Å². The number of nitrogens with zero attached hydrogens (tertiary/aromatic N) is 2. The minimum absolute atomic E-state index is 0.696. The maximum absolute atomic E-state index is 4.49. The highest BCUT2D eigenvalue weighted by molar-refractivity contribution is 5.43. The van der Waals surface area contributed by atoms with Crippen molar-refractivity contribution in [3.05, 3.63) is 23.9 Å². The average molecular weight is 261 g/mol. The number of hydrogen-bond donors (Lipinski definition) is 1. The van der Waals surface area contributed by atoms with Gasteiger partial charge in [-0.25, -0.2) is 4.98 Å². The molecule has 2 heterocycles. The molecule has 1 aromatic heterocycles. The van der Waals surface area contributed by atoms with Gasteiger partial charge in [0.15, 0.2) is 0 Å². The molecule has 0 aliphatic carbocycles. The van der Waals surface area contributed by atoms with Crippen LogP contribution in [0.25, 0.3) is 0 Å².